The number of nitrogens with one attached hydrogen (secondary N) is 2. The van der Waals surface area contributed by atoms with Gasteiger partial charge in [0.05, 0.1) is 38.9 Å². The lowest BCUT2D eigenvalue weighted by molar-refractivity contribution is 0.0515. The third kappa shape index (κ3) is 5.11. The van der Waals surface area contributed by atoms with Gasteiger partial charge in [-0.2, -0.15) is 0 Å². The van der Waals surface area contributed by atoms with Gasteiger partial charge in [-0.15, -0.1) is 0 Å². The Labute approximate surface area is 236 Å². The highest BCUT2D eigenvalue weighted by Gasteiger charge is 2.58. The van der Waals surface area contributed by atoms with E-state index in [1.807, 2.05) is 25.7 Å². The van der Waals surface area contributed by atoms with E-state index < -0.39 is 35.0 Å². The summed E-state index contributed by atoms with van der Waals surface area (Å²) in [6, 6.07) is 0.898. The fourth-order valence-electron chi connectivity index (χ4n) is 5.44. The molecule has 3 heterocycles. The van der Waals surface area contributed by atoms with Crippen molar-refractivity contribution in [3.8, 4) is 0 Å². The molecule has 1 saturated heterocycles. The van der Waals surface area contributed by atoms with Crippen LogP contribution in [-0.4, -0.2) is 59.5 Å². The van der Waals surface area contributed by atoms with Crippen molar-refractivity contribution in [2.75, 3.05) is 29.9 Å². The third-order valence-corrected chi connectivity index (χ3v) is 7.59. The molecule has 2 amide bonds. The van der Waals surface area contributed by atoms with E-state index in [9.17, 15) is 9.59 Å². The molecule has 1 saturated carbocycles. The Hall–Kier alpha value is -3.34. The molecule has 5 rings (SSSR count). The molecule has 0 bridgehead atoms. The summed E-state index contributed by atoms with van der Waals surface area (Å²) in [5.41, 5.74) is -0.432. The SMILES string of the molecule is CN(C(=O)OC(C)(C)C)c1cc(F)c(F)c2c1[nH]c1ncc(Cl)c(N3CC[C@@]4(CC4NC(=O)OC(C)(C)C)C3)c12. The minimum absolute atomic E-state index is 0.0504. The number of rotatable bonds is 3. The number of aromatic nitrogens is 2. The molecule has 216 valence electrons. The Kier molecular flexibility index (Phi) is 6.60. The average Bonchev–Trinajstić information content (AvgIpc) is 3.13. The lowest BCUT2D eigenvalue weighted by Gasteiger charge is -2.25. The summed E-state index contributed by atoms with van der Waals surface area (Å²) in [6.07, 6.45) is 1.83. The number of halogens is 3. The molecule has 2 fully saturated rings. The van der Waals surface area contributed by atoms with Crippen LogP contribution in [0.5, 0.6) is 0 Å². The van der Waals surface area contributed by atoms with Crippen molar-refractivity contribution in [3.63, 3.8) is 0 Å². The van der Waals surface area contributed by atoms with Crippen LogP contribution in [0, 0.1) is 17.0 Å². The minimum atomic E-state index is -1.12. The number of benzene rings is 1. The molecule has 2 N–H and O–H groups in total. The third-order valence-electron chi connectivity index (χ3n) is 7.31. The van der Waals surface area contributed by atoms with Crippen LogP contribution in [0.1, 0.15) is 54.4 Å². The largest absolute Gasteiger partial charge is 0.444 e. The second-order valence-electron chi connectivity index (χ2n) is 12.7. The zero-order chi connectivity index (χ0) is 29.4. The molecule has 1 aliphatic heterocycles. The first-order valence-corrected chi connectivity index (χ1v) is 13.6. The zero-order valence-electron chi connectivity index (χ0n) is 23.7. The number of alkyl carbamates (subject to hydrolysis) is 1. The van der Waals surface area contributed by atoms with Crippen LogP contribution < -0.4 is 15.1 Å². The number of H-pyrrole nitrogens is 1. The van der Waals surface area contributed by atoms with Crippen LogP contribution in [0.15, 0.2) is 12.3 Å². The van der Waals surface area contributed by atoms with E-state index in [-0.39, 0.29) is 33.1 Å². The molecule has 1 aliphatic carbocycles. The predicted molar refractivity (Wildman–Crippen MR) is 150 cm³/mol. The second-order valence-corrected chi connectivity index (χ2v) is 13.1. The van der Waals surface area contributed by atoms with Gasteiger partial charge in [-0.05, 0) is 54.4 Å². The van der Waals surface area contributed by atoms with E-state index in [4.69, 9.17) is 21.1 Å². The van der Waals surface area contributed by atoms with Gasteiger partial charge < -0.3 is 24.7 Å². The lowest BCUT2D eigenvalue weighted by Crippen LogP contribution is -2.36. The standard InChI is InChI=1S/C28H34ClF2N5O4/c1-26(2,3)39-24(37)33-17-11-28(17)8-9-36(13-28)22-14(29)12-32-23-19(22)18-20(31)15(30)10-16(21(18)34-23)35(7)25(38)40-27(4,5)6/h10,12,17H,8-9,11,13H2,1-7H3,(H,32,34)(H,33,37)/t17?,28-/m1/s1. The van der Waals surface area contributed by atoms with Crippen LogP contribution in [0.25, 0.3) is 21.9 Å². The fraction of sp³-hybridized carbons (Fsp3) is 0.536. The smallest absolute Gasteiger partial charge is 0.414 e. The second kappa shape index (κ2) is 9.36. The molecule has 1 spiro atoms. The number of carbonyl (C=O) groups is 2. The maximum absolute atomic E-state index is 15.5. The van der Waals surface area contributed by atoms with Crippen molar-refractivity contribution in [3.05, 3.63) is 28.9 Å². The van der Waals surface area contributed by atoms with Gasteiger partial charge in [0.2, 0.25) is 0 Å². The number of nitrogens with zero attached hydrogens (tertiary/aromatic N) is 3. The summed E-state index contributed by atoms with van der Waals surface area (Å²) in [5.74, 6) is -2.19. The summed E-state index contributed by atoms with van der Waals surface area (Å²) in [7, 11) is 1.43. The Balaban J connectivity index is 1.52. The Morgan fingerprint density at radius 2 is 1.85 bits per heavy atom. The van der Waals surface area contributed by atoms with E-state index in [2.05, 4.69) is 15.3 Å². The predicted octanol–water partition coefficient (Wildman–Crippen LogP) is 6.51. The number of fused-ring (bicyclic) bond motifs is 3. The van der Waals surface area contributed by atoms with E-state index >= 15 is 8.78 Å². The maximum atomic E-state index is 15.5. The molecule has 0 radical (unpaired) electrons. The molecule has 3 aromatic rings. The normalized spacial score (nSPS) is 20.9. The quantitative estimate of drug-likeness (QED) is 0.368. The number of anilines is 2. The van der Waals surface area contributed by atoms with Gasteiger partial charge in [0, 0.05) is 37.7 Å². The number of carbonyl (C=O) groups excluding carboxylic acids is 2. The van der Waals surface area contributed by atoms with E-state index in [0.29, 0.717) is 29.8 Å². The lowest BCUT2D eigenvalue weighted by atomic mass is 10.1. The average molecular weight is 578 g/mol. The molecule has 12 heteroatoms. The van der Waals surface area contributed by atoms with Crippen LogP contribution in [0.3, 0.4) is 0 Å². The summed E-state index contributed by atoms with van der Waals surface area (Å²) in [5, 5.41) is 3.52. The molecule has 9 nitrogen and oxygen atoms in total. The topological polar surface area (TPSA) is 99.8 Å². The number of hydrogen-bond acceptors (Lipinski definition) is 6. The van der Waals surface area contributed by atoms with Crippen LogP contribution >= 0.6 is 11.6 Å². The summed E-state index contributed by atoms with van der Waals surface area (Å²) < 4.78 is 41.4. The Morgan fingerprint density at radius 3 is 2.50 bits per heavy atom. The molecule has 2 aromatic heterocycles. The number of amides is 2. The van der Waals surface area contributed by atoms with Crippen LogP contribution in [0.4, 0.5) is 29.7 Å². The van der Waals surface area contributed by atoms with E-state index in [1.165, 1.54) is 13.2 Å². The number of ether oxygens (including phenoxy) is 2. The summed E-state index contributed by atoms with van der Waals surface area (Å²) >= 11 is 6.66. The highest BCUT2D eigenvalue weighted by molar-refractivity contribution is 6.36. The van der Waals surface area contributed by atoms with Gasteiger partial charge in [-0.25, -0.2) is 23.4 Å². The molecule has 1 unspecified atom stereocenters. The first-order valence-electron chi connectivity index (χ1n) is 13.2. The van der Waals surface area contributed by atoms with Gasteiger partial charge in [0.1, 0.15) is 16.8 Å². The van der Waals surface area contributed by atoms with Crippen molar-refractivity contribution < 1.29 is 27.8 Å². The monoisotopic (exact) mass is 577 g/mol. The molecular formula is C28H34ClF2N5O4. The van der Waals surface area contributed by atoms with Crippen LogP contribution in [0.2, 0.25) is 5.02 Å². The minimum Gasteiger partial charge on any atom is -0.444 e. The molecule has 2 aliphatic rings. The highest BCUT2D eigenvalue weighted by atomic mass is 35.5. The van der Waals surface area contributed by atoms with Crippen molar-refractivity contribution in [1.29, 1.82) is 0 Å². The maximum Gasteiger partial charge on any atom is 0.414 e. The van der Waals surface area contributed by atoms with Gasteiger partial charge in [0.25, 0.3) is 0 Å². The van der Waals surface area contributed by atoms with Gasteiger partial charge in [-0.1, -0.05) is 11.6 Å². The van der Waals surface area contributed by atoms with Crippen molar-refractivity contribution in [2.24, 2.45) is 5.41 Å². The van der Waals surface area contributed by atoms with Crippen molar-refractivity contribution in [2.45, 2.75) is 71.6 Å². The van der Waals surface area contributed by atoms with Gasteiger partial charge >= 0.3 is 12.2 Å². The molecule has 2 atom stereocenters. The zero-order valence-corrected chi connectivity index (χ0v) is 24.4. The number of aromatic amines is 1. The molecular weight excluding hydrogens is 544 g/mol. The van der Waals surface area contributed by atoms with Crippen molar-refractivity contribution >= 4 is 57.1 Å². The number of pyridine rings is 1. The fourth-order valence-corrected chi connectivity index (χ4v) is 5.71. The van der Waals surface area contributed by atoms with E-state index in [1.54, 1.807) is 20.8 Å². The van der Waals surface area contributed by atoms with Gasteiger partial charge in [0.15, 0.2) is 11.6 Å². The number of hydrogen-bond donors (Lipinski definition) is 2. The summed E-state index contributed by atoms with van der Waals surface area (Å²) in [6.45, 7) is 11.7. The van der Waals surface area contributed by atoms with Crippen molar-refractivity contribution in [1.82, 2.24) is 15.3 Å². The first kappa shape index (κ1) is 28.2. The highest BCUT2D eigenvalue weighted by Crippen LogP contribution is 2.55. The Morgan fingerprint density at radius 1 is 1.18 bits per heavy atom. The van der Waals surface area contributed by atoms with Gasteiger partial charge in [-0.3, -0.25) is 4.90 Å². The Bertz CT molecular complexity index is 1530. The molecule has 40 heavy (non-hydrogen) atoms. The van der Waals surface area contributed by atoms with E-state index in [0.717, 1.165) is 23.8 Å². The first-order chi connectivity index (χ1) is 18.5. The van der Waals surface area contributed by atoms with Crippen LogP contribution in [-0.2, 0) is 9.47 Å². The molecule has 1 aromatic carbocycles. The summed E-state index contributed by atoms with van der Waals surface area (Å²) in [4.78, 5) is 35.7.